The summed E-state index contributed by atoms with van der Waals surface area (Å²) in [7, 11) is 0. The first-order valence-electron chi connectivity index (χ1n) is 6.89. The molecule has 2 rings (SSSR count). The second-order valence-electron chi connectivity index (χ2n) is 4.75. The van der Waals surface area contributed by atoms with Crippen molar-refractivity contribution in [1.29, 1.82) is 0 Å². The van der Waals surface area contributed by atoms with Crippen LogP contribution in [0, 0.1) is 6.92 Å². The van der Waals surface area contributed by atoms with E-state index >= 15 is 0 Å². The minimum atomic E-state index is -0.974. The number of aromatic carboxylic acids is 1. The fourth-order valence-corrected chi connectivity index (χ4v) is 2.03. The van der Waals surface area contributed by atoms with E-state index in [4.69, 9.17) is 9.84 Å². The van der Waals surface area contributed by atoms with Crippen LogP contribution in [-0.2, 0) is 6.54 Å². The SMILES string of the molecule is Cc1ccccc1CNCCOc1ccccc1C(=O)O. The molecule has 4 nitrogen and oxygen atoms in total. The molecule has 0 fully saturated rings. The number of carboxylic acids is 1. The Morgan fingerprint density at radius 3 is 2.62 bits per heavy atom. The number of benzene rings is 2. The van der Waals surface area contributed by atoms with Crippen LogP contribution in [0.2, 0.25) is 0 Å². The zero-order valence-electron chi connectivity index (χ0n) is 12.0. The largest absolute Gasteiger partial charge is 0.491 e. The third-order valence-electron chi connectivity index (χ3n) is 3.23. The van der Waals surface area contributed by atoms with Crippen LogP contribution >= 0.6 is 0 Å². The van der Waals surface area contributed by atoms with Crippen molar-refractivity contribution in [3.05, 3.63) is 65.2 Å². The number of hydrogen-bond acceptors (Lipinski definition) is 3. The maximum atomic E-state index is 11.0. The maximum Gasteiger partial charge on any atom is 0.339 e. The first-order valence-corrected chi connectivity index (χ1v) is 6.89. The molecule has 21 heavy (non-hydrogen) atoms. The van der Waals surface area contributed by atoms with Crippen LogP contribution in [0.3, 0.4) is 0 Å². The monoisotopic (exact) mass is 285 g/mol. The first-order chi connectivity index (χ1) is 10.2. The van der Waals surface area contributed by atoms with Crippen molar-refractivity contribution in [1.82, 2.24) is 5.32 Å². The van der Waals surface area contributed by atoms with Gasteiger partial charge in [0, 0.05) is 13.1 Å². The van der Waals surface area contributed by atoms with Crippen molar-refractivity contribution in [2.24, 2.45) is 0 Å². The maximum absolute atomic E-state index is 11.0. The van der Waals surface area contributed by atoms with Gasteiger partial charge >= 0.3 is 5.97 Å². The molecular formula is C17H19NO3. The lowest BCUT2D eigenvalue weighted by Gasteiger charge is -2.10. The lowest BCUT2D eigenvalue weighted by Crippen LogP contribution is -2.21. The number of carboxylic acid groups (broad SMARTS) is 1. The molecule has 0 unspecified atom stereocenters. The van der Waals surface area contributed by atoms with Gasteiger partial charge in [-0.25, -0.2) is 4.79 Å². The fraction of sp³-hybridized carbons (Fsp3) is 0.235. The van der Waals surface area contributed by atoms with Gasteiger partial charge in [0.05, 0.1) is 0 Å². The molecule has 2 aromatic rings. The molecule has 2 aromatic carbocycles. The van der Waals surface area contributed by atoms with Gasteiger partial charge in [0.15, 0.2) is 0 Å². The molecule has 0 bridgehead atoms. The van der Waals surface area contributed by atoms with Gasteiger partial charge in [0.1, 0.15) is 17.9 Å². The van der Waals surface area contributed by atoms with Gasteiger partial charge in [-0.15, -0.1) is 0 Å². The van der Waals surface area contributed by atoms with Crippen molar-refractivity contribution < 1.29 is 14.6 Å². The third kappa shape index (κ3) is 4.33. The summed E-state index contributed by atoms with van der Waals surface area (Å²) < 4.78 is 5.52. The molecule has 0 heterocycles. The Morgan fingerprint density at radius 1 is 1.14 bits per heavy atom. The standard InChI is InChI=1S/C17H19NO3/c1-13-6-2-3-7-14(13)12-18-10-11-21-16-9-5-4-8-15(16)17(19)20/h2-9,18H,10-12H2,1H3,(H,19,20). The van der Waals surface area contributed by atoms with Crippen molar-refractivity contribution >= 4 is 5.97 Å². The minimum absolute atomic E-state index is 0.191. The van der Waals surface area contributed by atoms with E-state index in [0.717, 1.165) is 6.54 Å². The van der Waals surface area contributed by atoms with Gasteiger partial charge in [0.2, 0.25) is 0 Å². The topological polar surface area (TPSA) is 58.6 Å². The summed E-state index contributed by atoms with van der Waals surface area (Å²) >= 11 is 0. The van der Waals surface area contributed by atoms with Crippen LogP contribution in [0.4, 0.5) is 0 Å². The Labute approximate surface area is 124 Å². The van der Waals surface area contributed by atoms with E-state index in [1.165, 1.54) is 11.1 Å². The first kappa shape index (κ1) is 15.1. The van der Waals surface area contributed by atoms with E-state index < -0.39 is 5.97 Å². The predicted octanol–water partition coefficient (Wildman–Crippen LogP) is 2.86. The average Bonchev–Trinajstić information content (AvgIpc) is 2.49. The van der Waals surface area contributed by atoms with Crippen LogP contribution in [0.25, 0.3) is 0 Å². The molecule has 0 atom stereocenters. The molecule has 0 aromatic heterocycles. The summed E-state index contributed by atoms with van der Waals surface area (Å²) in [5, 5.41) is 12.3. The molecule has 0 aliphatic heterocycles. The number of para-hydroxylation sites is 1. The summed E-state index contributed by atoms with van der Waals surface area (Å²) in [6.07, 6.45) is 0. The Morgan fingerprint density at radius 2 is 1.86 bits per heavy atom. The van der Waals surface area contributed by atoms with Gasteiger partial charge < -0.3 is 15.2 Å². The molecule has 0 aliphatic carbocycles. The van der Waals surface area contributed by atoms with Crippen molar-refractivity contribution in [2.45, 2.75) is 13.5 Å². The number of carbonyl (C=O) groups is 1. The number of nitrogens with one attached hydrogen (secondary N) is 1. The van der Waals surface area contributed by atoms with E-state index in [-0.39, 0.29) is 5.56 Å². The van der Waals surface area contributed by atoms with E-state index in [2.05, 4.69) is 24.4 Å². The molecule has 0 saturated heterocycles. The Balaban J connectivity index is 1.78. The number of ether oxygens (including phenoxy) is 1. The summed E-state index contributed by atoms with van der Waals surface area (Å²) in [4.78, 5) is 11.0. The van der Waals surface area contributed by atoms with Crippen LogP contribution in [0.1, 0.15) is 21.5 Å². The molecular weight excluding hydrogens is 266 g/mol. The number of rotatable bonds is 7. The van der Waals surface area contributed by atoms with Crippen molar-refractivity contribution in [3.8, 4) is 5.75 Å². The van der Waals surface area contributed by atoms with Gasteiger partial charge in [-0.3, -0.25) is 0 Å². The molecule has 0 saturated carbocycles. The molecule has 0 amide bonds. The van der Waals surface area contributed by atoms with Gasteiger partial charge in [-0.1, -0.05) is 36.4 Å². The molecule has 110 valence electrons. The third-order valence-corrected chi connectivity index (χ3v) is 3.23. The average molecular weight is 285 g/mol. The van der Waals surface area contributed by atoms with E-state index in [1.54, 1.807) is 24.3 Å². The van der Waals surface area contributed by atoms with Gasteiger partial charge in [0.25, 0.3) is 0 Å². The van der Waals surface area contributed by atoms with Crippen LogP contribution in [-0.4, -0.2) is 24.2 Å². The van der Waals surface area contributed by atoms with E-state index in [9.17, 15) is 4.79 Å². The molecule has 4 heteroatoms. The van der Waals surface area contributed by atoms with Gasteiger partial charge in [-0.05, 0) is 30.2 Å². The Hall–Kier alpha value is -2.33. The zero-order chi connectivity index (χ0) is 15.1. The second-order valence-corrected chi connectivity index (χ2v) is 4.75. The Kier molecular flexibility index (Phi) is 5.35. The van der Waals surface area contributed by atoms with Crippen molar-refractivity contribution in [3.63, 3.8) is 0 Å². The van der Waals surface area contributed by atoms with Gasteiger partial charge in [-0.2, -0.15) is 0 Å². The minimum Gasteiger partial charge on any atom is -0.491 e. The quantitative estimate of drug-likeness (QED) is 0.768. The second kappa shape index (κ2) is 7.45. The highest BCUT2D eigenvalue weighted by Gasteiger charge is 2.09. The molecule has 0 radical (unpaired) electrons. The van der Waals surface area contributed by atoms with E-state index in [0.29, 0.717) is 18.9 Å². The van der Waals surface area contributed by atoms with Crippen LogP contribution in [0.5, 0.6) is 5.75 Å². The number of aryl methyl sites for hydroxylation is 1. The van der Waals surface area contributed by atoms with E-state index in [1.807, 2.05) is 12.1 Å². The van der Waals surface area contributed by atoms with Crippen LogP contribution in [0.15, 0.2) is 48.5 Å². The lowest BCUT2D eigenvalue weighted by atomic mass is 10.1. The highest BCUT2D eigenvalue weighted by Crippen LogP contribution is 2.17. The molecule has 0 spiro atoms. The Bertz CT molecular complexity index is 610. The zero-order valence-corrected chi connectivity index (χ0v) is 12.0. The normalized spacial score (nSPS) is 10.3. The lowest BCUT2D eigenvalue weighted by molar-refractivity contribution is 0.0692. The molecule has 0 aliphatic rings. The summed E-state index contributed by atoms with van der Waals surface area (Å²) in [5.41, 5.74) is 2.70. The highest BCUT2D eigenvalue weighted by atomic mass is 16.5. The summed E-state index contributed by atoms with van der Waals surface area (Å²) in [6.45, 7) is 3.94. The fourth-order valence-electron chi connectivity index (χ4n) is 2.03. The summed E-state index contributed by atoms with van der Waals surface area (Å²) in [5.74, 6) is -0.568. The summed E-state index contributed by atoms with van der Waals surface area (Å²) in [6, 6.07) is 14.9. The smallest absolute Gasteiger partial charge is 0.339 e. The van der Waals surface area contributed by atoms with Crippen molar-refractivity contribution in [2.75, 3.05) is 13.2 Å². The highest BCUT2D eigenvalue weighted by molar-refractivity contribution is 5.90. The number of hydrogen-bond donors (Lipinski definition) is 2. The molecule has 2 N–H and O–H groups in total. The van der Waals surface area contributed by atoms with Crippen LogP contribution < -0.4 is 10.1 Å². The predicted molar refractivity (Wildman–Crippen MR) is 81.8 cm³/mol.